The molecule has 9 heteroatoms. The highest BCUT2D eigenvalue weighted by atomic mass is 16.5. The lowest BCUT2D eigenvalue weighted by Gasteiger charge is -2.16. The minimum Gasteiger partial charge on any atom is -0.504 e. The summed E-state index contributed by atoms with van der Waals surface area (Å²) in [4.78, 5) is 23.9. The lowest BCUT2D eigenvalue weighted by molar-refractivity contribution is -0.144. The van der Waals surface area contributed by atoms with Crippen LogP contribution in [0, 0.1) is 0 Å². The van der Waals surface area contributed by atoms with Gasteiger partial charge in [0, 0.05) is 18.9 Å². The van der Waals surface area contributed by atoms with Crippen LogP contribution in [0.3, 0.4) is 0 Å². The fourth-order valence-electron chi connectivity index (χ4n) is 5.67. The molecule has 9 nitrogen and oxygen atoms in total. The van der Waals surface area contributed by atoms with Crippen LogP contribution in [0.4, 0.5) is 0 Å². The van der Waals surface area contributed by atoms with Crippen molar-refractivity contribution in [2.75, 3.05) is 26.4 Å². The molecule has 0 amide bonds. The first-order valence-electron chi connectivity index (χ1n) is 17.9. The molecule has 0 spiro atoms. The van der Waals surface area contributed by atoms with E-state index in [-0.39, 0.29) is 29.9 Å². The molecule has 0 bridgehead atoms. The van der Waals surface area contributed by atoms with E-state index < -0.39 is 0 Å². The number of aryl methyl sites for hydroxylation is 1. The number of benzene rings is 4. The molecule has 0 radical (unpaired) electrons. The number of phenolic OH excluding ortho intramolecular Hbond substituents is 2. The summed E-state index contributed by atoms with van der Waals surface area (Å²) in [6.07, 6.45) is 6.31. The zero-order valence-electron chi connectivity index (χ0n) is 29.7. The summed E-state index contributed by atoms with van der Waals surface area (Å²) in [5, 5.41) is 19.9. The van der Waals surface area contributed by atoms with Gasteiger partial charge in [-0.05, 0) is 104 Å². The molecular formula is C42H50O9. The third kappa shape index (κ3) is 13.2. The predicted molar refractivity (Wildman–Crippen MR) is 196 cm³/mol. The Balaban J connectivity index is 1.31. The lowest BCUT2D eigenvalue weighted by Crippen LogP contribution is -2.10. The standard InChI is InChI=1S/C42H50O9/c1-3-47-41(45)19-13-25-50-40-18-12-17-32(37(40)21-23-42(46)48-4-2)16-10-5-6-11-24-49-35-26-34(33-20-22-38(43)39(44)28-33)27-36(29-35)51-30-31-14-8-7-9-15-31/h7-9,12,14-15,17-18,20,22,26-29,43-44H,3-6,10-11,13,16,19,21,23-25,30H2,1-2H3. The topological polar surface area (TPSA) is 121 Å². The van der Waals surface area contributed by atoms with E-state index in [0.717, 1.165) is 65.7 Å². The van der Waals surface area contributed by atoms with E-state index in [1.807, 2.05) is 60.7 Å². The molecule has 0 heterocycles. The lowest BCUT2D eigenvalue weighted by atomic mass is 9.96. The van der Waals surface area contributed by atoms with Crippen LogP contribution in [0.25, 0.3) is 11.1 Å². The number of phenols is 2. The Hall–Kier alpha value is -5.18. The molecule has 51 heavy (non-hydrogen) atoms. The quantitative estimate of drug-likeness (QED) is 0.0472. The summed E-state index contributed by atoms with van der Waals surface area (Å²) in [6.45, 7) is 5.62. The minimum atomic E-state index is -0.234. The molecule has 0 atom stereocenters. The van der Waals surface area contributed by atoms with Gasteiger partial charge in [-0.2, -0.15) is 0 Å². The second-order valence-electron chi connectivity index (χ2n) is 12.1. The van der Waals surface area contributed by atoms with Crippen molar-refractivity contribution >= 4 is 11.9 Å². The van der Waals surface area contributed by atoms with E-state index in [1.165, 1.54) is 12.1 Å². The van der Waals surface area contributed by atoms with Gasteiger partial charge in [-0.25, -0.2) is 0 Å². The van der Waals surface area contributed by atoms with E-state index in [1.54, 1.807) is 19.9 Å². The van der Waals surface area contributed by atoms with Crippen molar-refractivity contribution in [1.82, 2.24) is 0 Å². The highest BCUT2D eigenvalue weighted by Gasteiger charge is 2.14. The van der Waals surface area contributed by atoms with Crippen LogP contribution in [0.1, 0.15) is 75.5 Å². The number of hydrogen-bond donors (Lipinski definition) is 2. The number of carbonyl (C=O) groups is 2. The number of hydrogen-bond acceptors (Lipinski definition) is 9. The first kappa shape index (κ1) is 38.6. The van der Waals surface area contributed by atoms with E-state index in [9.17, 15) is 19.8 Å². The molecule has 0 saturated carbocycles. The highest BCUT2D eigenvalue weighted by molar-refractivity contribution is 5.71. The fourth-order valence-corrected chi connectivity index (χ4v) is 5.67. The first-order chi connectivity index (χ1) is 24.9. The summed E-state index contributed by atoms with van der Waals surface area (Å²) in [6, 6.07) is 26.3. The number of ether oxygens (including phenoxy) is 5. The molecular weight excluding hydrogens is 648 g/mol. The maximum atomic E-state index is 12.2. The van der Waals surface area contributed by atoms with Crippen LogP contribution in [-0.4, -0.2) is 48.6 Å². The average molecular weight is 699 g/mol. The van der Waals surface area contributed by atoms with Gasteiger partial charge in [0.15, 0.2) is 11.5 Å². The smallest absolute Gasteiger partial charge is 0.306 e. The summed E-state index contributed by atoms with van der Waals surface area (Å²) in [5.74, 6) is 1.21. The second-order valence-corrected chi connectivity index (χ2v) is 12.1. The van der Waals surface area contributed by atoms with Crippen molar-refractivity contribution in [2.45, 2.75) is 78.2 Å². The minimum absolute atomic E-state index is 0.177. The number of aromatic hydroxyl groups is 2. The largest absolute Gasteiger partial charge is 0.504 e. The maximum Gasteiger partial charge on any atom is 0.306 e. The Labute approximate surface area is 301 Å². The third-order valence-electron chi connectivity index (χ3n) is 8.25. The molecule has 272 valence electrons. The molecule has 4 rings (SSSR count). The maximum absolute atomic E-state index is 12.2. The van der Waals surface area contributed by atoms with Gasteiger partial charge in [-0.15, -0.1) is 0 Å². The van der Waals surface area contributed by atoms with Crippen LogP contribution in [0.15, 0.2) is 84.9 Å². The summed E-state index contributed by atoms with van der Waals surface area (Å²) < 4.78 is 28.6. The molecule has 2 N–H and O–H groups in total. The zero-order valence-corrected chi connectivity index (χ0v) is 29.7. The van der Waals surface area contributed by atoms with Gasteiger partial charge in [-0.1, -0.05) is 61.4 Å². The number of unbranched alkanes of at least 4 members (excludes halogenated alkanes) is 3. The molecule has 4 aromatic carbocycles. The Morgan fingerprint density at radius 2 is 1.29 bits per heavy atom. The number of esters is 2. The van der Waals surface area contributed by atoms with Gasteiger partial charge in [0.2, 0.25) is 0 Å². The van der Waals surface area contributed by atoms with Gasteiger partial charge in [0.25, 0.3) is 0 Å². The molecule has 0 aliphatic rings. The summed E-state index contributed by atoms with van der Waals surface area (Å²) >= 11 is 0. The molecule has 0 aliphatic heterocycles. The van der Waals surface area contributed by atoms with Crippen molar-refractivity contribution in [1.29, 1.82) is 0 Å². The highest BCUT2D eigenvalue weighted by Crippen LogP contribution is 2.35. The third-order valence-corrected chi connectivity index (χ3v) is 8.25. The van der Waals surface area contributed by atoms with Gasteiger partial charge in [-0.3, -0.25) is 9.59 Å². The molecule has 4 aromatic rings. The SMILES string of the molecule is CCOC(=O)CCCOc1cccc(CCCCCCOc2cc(OCc3ccccc3)cc(-c3ccc(O)c(O)c3)c2)c1CCC(=O)OCC. The van der Waals surface area contributed by atoms with Gasteiger partial charge in [0.05, 0.1) is 26.4 Å². The van der Waals surface area contributed by atoms with Gasteiger partial charge >= 0.3 is 11.9 Å². The van der Waals surface area contributed by atoms with Gasteiger partial charge in [0.1, 0.15) is 23.9 Å². The van der Waals surface area contributed by atoms with Crippen LogP contribution >= 0.6 is 0 Å². The average Bonchev–Trinajstić information content (AvgIpc) is 3.13. The zero-order chi connectivity index (χ0) is 36.3. The van der Waals surface area contributed by atoms with Crippen molar-refractivity contribution in [3.63, 3.8) is 0 Å². The Kier molecular flexibility index (Phi) is 16.0. The van der Waals surface area contributed by atoms with Gasteiger partial charge < -0.3 is 33.9 Å². The van der Waals surface area contributed by atoms with Crippen LogP contribution < -0.4 is 14.2 Å². The summed E-state index contributed by atoms with van der Waals surface area (Å²) in [7, 11) is 0. The van der Waals surface area contributed by atoms with Crippen molar-refractivity contribution in [3.05, 3.63) is 102 Å². The van der Waals surface area contributed by atoms with Crippen molar-refractivity contribution < 1.29 is 43.5 Å². The molecule has 0 unspecified atom stereocenters. The molecule has 0 saturated heterocycles. The number of carbonyl (C=O) groups excluding carboxylic acids is 2. The molecule has 0 fully saturated rings. The van der Waals surface area contributed by atoms with E-state index in [4.69, 9.17) is 23.7 Å². The van der Waals surface area contributed by atoms with E-state index in [0.29, 0.717) is 63.8 Å². The normalized spacial score (nSPS) is 10.8. The second kappa shape index (κ2) is 21.1. The van der Waals surface area contributed by atoms with Crippen LogP contribution in [-0.2, 0) is 38.5 Å². The van der Waals surface area contributed by atoms with E-state index >= 15 is 0 Å². The van der Waals surface area contributed by atoms with E-state index in [2.05, 4.69) is 6.07 Å². The van der Waals surface area contributed by atoms with Crippen molar-refractivity contribution in [2.24, 2.45) is 0 Å². The van der Waals surface area contributed by atoms with Crippen LogP contribution in [0.2, 0.25) is 0 Å². The number of rotatable bonds is 22. The van der Waals surface area contributed by atoms with Crippen molar-refractivity contribution in [3.8, 4) is 39.9 Å². The fraction of sp³-hybridized carbons (Fsp3) is 0.381. The Morgan fingerprint density at radius 3 is 2.04 bits per heavy atom. The first-order valence-corrected chi connectivity index (χ1v) is 17.9. The molecule has 0 aliphatic carbocycles. The monoisotopic (exact) mass is 698 g/mol. The predicted octanol–water partition coefficient (Wildman–Crippen LogP) is 8.74. The van der Waals surface area contributed by atoms with Crippen LogP contribution in [0.5, 0.6) is 28.7 Å². The Morgan fingerprint density at radius 1 is 0.588 bits per heavy atom. The Bertz CT molecular complexity index is 1670. The molecule has 0 aromatic heterocycles. The summed E-state index contributed by atoms with van der Waals surface area (Å²) in [5.41, 5.74) is 4.74.